The summed E-state index contributed by atoms with van der Waals surface area (Å²) in [5.74, 6) is 1.80. The third-order valence-electron chi connectivity index (χ3n) is 3.80. The molecule has 0 radical (unpaired) electrons. The highest BCUT2D eigenvalue weighted by Crippen LogP contribution is 2.30. The van der Waals surface area contributed by atoms with Gasteiger partial charge in [0, 0.05) is 10.9 Å². The first-order valence-corrected chi connectivity index (χ1v) is 8.31. The number of ether oxygens (including phenoxy) is 2. The highest BCUT2D eigenvalue weighted by atomic mass is 35.5. The number of nitrogens with two attached hydrogens (primary N) is 1. The minimum atomic E-state index is 0.250. The lowest BCUT2D eigenvalue weighted by Gasteiger charge is -2.17. The van der Waals surface area contributed by atoms with E-state index in [-0.39, 0.29) is 5.92 Å². The van der Waals surface area contributed by atoms with Crippen LogP contribution in [0.4, 0.5) is 0 Å². The largest absolute Gasteiger partial charge is 0.493 e. The molecule has 0 aromatic heterocycles. The number of hydrogen-bond donors (Lipinski definition) is 1. The van der Waals surface area contributed by atoms with Crippen LogP contribution in [0.25, 0.3) is 0 Å². The zero-order chi connectivity index (χ0) is 16.7. The maximum atomic E-state index is 5.98. The molecule has 0 amide bonds. The molecule has 0 heterocycles. The molecule has 0 aliphatic heterocycles. The molecule has 0 spiro atoms. The van der Waals surface area contributed by atoms with Crippen LogP contribution in [-0.4, -0.2) is 20.3 Å². The Morgan fingerprint density at radius 3 is 2.43 bits per heavy atom. The van der Waals surface area contributed by atoms with Crippen molar-refractivity contribution in [2.24, 2.45) is 5.73 Å². The average Bonchev–Trinajstić information content (AvgIpc) is 2.58. The Hall–Kier alpha value is -1.71. The van der Waals surface area contributed by atoms with E-state index in [9.17, 15) is 0 Å². The smallest absolute Gasteiger partial charge is 0.161 e. The van der Waals surface area contributed by atoms with E-state index in [1.54, 1.807) is 7.11 Å². The number of hydrogen-bond acceptors (Lipinski definition) is 3. The van der Waals surface area contributed by atoms with Crippen molar-refractivity contribution < 1.29 is 9.47 Å². The molecule has 4 heteroatoms. The fourth-order valence-electron chi connectivity index (χ4n) is 2.53. The molecule has 0 aliphatic rings. The van der Waals surface area contributed by atoms with Crippen molar-refractivity contribution in [3.05, 3.63) is 58.6 Å². The van der Waals surface area contributed by atoms with Gasteiger partial charge >= 0.3 is 0 Å². The summed E-state index contributed by atoms with van der Waals surface area (Å²) < 4.78 is 11.1. The fourth-order valence-corrected chi connectivity index (χ4v) is 2.66. The minimum absolute atomic E-state index is 0.250. The molecule has 2 N–H and O–H groups in total. The molecular formula is C19H24ClNO2. The zero-order valence-corrected chi connectivity index (χ0v) is 14.5. The predicted octanol–water partition coefficient (Wildman–Crippen LogP) is 4.42. The third kappa shape index (κ3) is 4.88. The minimum Gasteiger partial charge on any atom is -0.493 e. The van der Waals surface area contributed by atoms with Crippen LogP contribution in [0.2, 0.25) is 5.02 Å². The Labute approximate surface area is 143 Å². The third-order valence-corrected chi connectivity index (χ3v) is 4.05. The van der Waals surface area contributed by atoms with Gasteiger partial charge in [0.15, 0.2) is 11.5 Å². The zero-order valence-electron chi connectivity index (χ0n) is 13.7. The Kier molecular flexibility index (Phi) is 6.75. The Bertz CT molecular complexity index is 613. The topological polar surface area (TPSA) is 44.5 Å². The lowest BCUT2D eigenvalue weighted by Crippen LogP contribution is -2.15. The quantitative estimate of drug-likeness (QED) is 0.777. The summed E-state index contributed by atoms with van der Waals surface area (Å²) >= 11 is 5.96. The molecule has 0 bridgehead atoms. The van der Waals surface area contributed by atoms with E-state index in [0.717, 1.165) is 29.4 Å². The van der Waals surface area contributed by atoms with E-state index < -0.39 is 0 Å². The molecule has 0 saturated carbocycles. The van der Waals surface area contributed by atoms with Crippen LogP contribution in [0.1, 0.15) is 30.4 Å². The van der Waals surface area contributed by atoms with E-state index in [0.29, 0.717) is 13.2 Å². The van der Waals surface area contributed by atoms with Crippen LogP contribution < -0.4 is 15.2 Å². The highest BCUT2D eigenvalue weighted by molar-refractivity contribution is 6.30. The van der Waals surface area contributed by atoms with Gasteiger partial charge in [-0.1, -0.05) is 36.7 Å². The molecule has 1 unspecified atom stereocenters. The SMILES string of the molecule is CCCOc1cc(CC(CN)c2ccc(Cl)cc2)ccc1OC. The van der Waals surface area contributed by atoms with E-state index in [1.165, 1.54) is 11.1 Å². The van der Waals surface area contributed by atoms with Gasteiger partial charge in [-0.25, -0.2) is 0 Å². The second-order valence-electron chi connectivity index (χ2n) is 5.52. The first kappa shape index (κ1) is 17.6. The van der Waals surface area contributed by atoms with Crippen LogP contribution in [0.5, 0.6) is 11.5 Å². The number of halogens is 1. The molecule has 2 aromatic carbocycles. The van der Waals surface area contributed by atoms with Gasteiger partial charge in [0.05, 0.1) is 13.7 Å². The lowest BCUT2D eigenvalue weighted by atomic mass is 9.92. The summed E-state index contributed by atoms with van der Waals surface area (Å²) in [6, 6.07) is 14.0. The van der Waals surface area contributed by atoms with Crippen molar-refractivity contribution >= 4 is 11.6 Å². The van der Waals surface area contributed by atoms with Crippen LogP contribution in [0, 0.1) is 0 Å². The highest BCUT2D eigenvalue weighted by Gasteiger charge is 2.13. The maximum absolute atomic E-state index is 5.98. The molecule has 1 atom stereocenters. The van der Waals surface area contributed by atoms with Gasteiger partial charge in [0.25, 0.3) is 0 Å². The molecule has 3 nitrogen and oxygen atoms in total. The predicted molar refractivity (Wildman–Crippen MR) is 95.7 cm³/mol. The van der Waals surface area contributed by atoms with Crippen molar-refractivity contribution in [1.29, 1.82) is 0 Å². The Morgan fingerprint density at radius 2 is 1.83 bits per heavy atom. The molecule has 2 aromatic rings. The van der Waals surface area contributed by atoms with Crippen molar-refractivity contribution in [3.8, 4) is 11.5 Å². The van der Waals surface area contributed by atoms with E-state index in [1.807, 2.05) is 36.4 Å². The second kappa shape index (κ2) is 8.80. The summed E-state index contributed by atoms with van der Waals surface area (Å²) in [6.07, 6.45) is 1.81. The molecule has 0 fully saturated rings. The van der Waals surface area contributed by atoms with E-state index >= 15 is 0 Å². The van der Waals surface area contributed by atoms with Crippen LogP contribution >= 0.6 is 11.6 Å². The van der Waals surface area contributed by atoms with Gasteiger partial charge < -0.3 is 15.2 Å². The van der Waals surface area contributed by atoms with Gasteiger partial charge in [-0.3, -0.25) is 0 Å². The van der Waals surface area contributed by atoms with Gasteiger partial charge in [-0.15, -0.1) is 0 Å². The summed E-state index contributed by atoms with van der Waals surface area (Å²) in [6.45, 7) is 3.34. The molecule has 2 rings (SSSR count). The van der Waals surface area contributed by atoms with Gasteiger partial charge in [-0.2, -0.15) is 0 Å². The summed E-state index contributed by atoms with van der Waals surface area (Å²) in [5, 5.41) is 0.740. The summed E-state index contributed by atoms with van der Waals surface area (Å²) in [4.78, 5) is 0. The van der Waals surface area contributed by atoms with Crippen molar-refractivity contribution in [2.45, 2.75) is 25.7 Å². The van der Waals surface area contributed by atoms with Gasteiger partial charge in [0.2, 0.25) is 0 Å². The maximum Gasteiger partial charge on any atom is 0.161 e. The lowest BCUT2D eigenvalue weighted by molar-refractivity contribution is 0.294. The Morgan fingerprint density at radius 1 is 1.09 bits per heavy atom. The number of benzene rings is 2. The van der Waals surface area contributed by atoms with E-state index in [2.05, 4.69) is 13.0 Å². The van der Waals surface area contributed by atoms with Gasteiger partial charge in [0.1, 0.15) is 0 Å². The molecule has 23 heavy (non-hydrogen) atoms. The van der Waals surface area contributed by atoms with Crippen molar-refractivity contribution in [3.63, 3.8) is 0 Å². The average molecular weight is 334 g/mol. The van der Waals surface area contributed by atoms with Crippen LogP contribution in [0.15, 0.2) is 42.5 Å². The molecule has 0 saturated heterocycles. The summed E-state index contributed by atoms with van der Waals surface area (Å²) in [7, 11) is 1.66. The number of rotatable bonds is 8. The number of methoxy groups -OCH3 is 1. The van der Waals surface area contributed by atoms with Gasteiger partial charge in [-0.05, 0) is 54.8 Å². The summed E-state index contributed by atoms with van der Waals surface area (Å²) in [5.41, 5.74) is 8.36. The monoisotopic (exact) mass is 333 g/mol. The standard InChI is InChI=1S/C19H24ClNO2/c1-3-10-23-19-12-14(4-9-18(19)22-2)11-16(13-21)15-5-7-17(20)8-6-15/h4-9,12,16H,3,10-11,13,21H2,1-2H3. The van der Waals surface area contributed by atoms with Crippen molar-refractivity contribution in [1.82, 2.24) is 0 Å². The van der Waals surface area contributed by atoms with Crippen LogP contribution in [-0.2, 0) is 6.42 Å². The van der Waals surface area contributed by atoms with Crippen molar-refractivity contribution in [2.75, 3.05) is 20.3 Å². The van der Waals surface area contributed by atoms with E-state index in [4.69, 9.17) is 26.8 Å². The molecule has 124 valence electrons. The first-order chi connectivity index (χ1) is 11.2. The normalized spacial score (nSPS) is 12.0. The fraction of sp³-hybridized carbons (Fsp3) is 0.368. The Balaban J connectivity index is 2.18. The van der Waals surface area contributed by atoms with Crippen LogP contribution in [0.3, 0.4) is 0 Å². The molecular weight excluding hydrogens is 310 g/mol. The first-order valence-electron chi connectivity index (χ1n) is 7.93. The molecule has 0 aliphatic carbocycles. The second-order valence-corrected chi connectivity index (χ2v) is 5.96.